The van der Waals surface area contributed by atoms with Crippen molar-refractivity contribution in [3.05, 3.63) is 16.4 Å². The highest BCUT2D eigenvalue weighted by atomic mass is 35.5. The lowest BCUT2D eigenvalue weighted by Gasteiger charge is -2.11. The predicted molar refractivity (Wildman–Crippen MR) is 54.4 cm³/mol. The number of rotatable bonds is 2. The molecule has 0 aliphatic heterocycles. The Kier molecular flexibility index (Phi) is 2.82. The molecule has 2 rings (SSSR count). The van der Waals surface area contributed by atoms with Crippen molar-refractivity contribution < 1.29 is 13.2 Å². The normalized spacial score (nSPS) is 17.9. The molecular weight excluding hydrogens is 255 g/mol. The first-order valence-electron chi connectivity index (χ1n) is 5.11. The lowest BCUT2D eigenvalue weighted by Crippen LogP contribution is -2.12. The van der Waals surface area contributed by atoms with Crippen molar-refractivity contribution in [3.8, 4) is 6.07 Å². The van der Waals surface area contributed by atoms with Gasteiger partial charge in [0, 0.05) is 0 Å². The maximum atomic E-state index is 12.6. The minimum Gasteiger partial charge on any atom is -0.249 e. The smallest absolute Gasteiger partial charge is 0.249 e. The van der Waals surface area contributed by atoms with Crippen LogP contribution in [0.1, 0.15) is 37.1 Å². The fraction of sp³-hybridized carbons (Fsp3) is 0.600. The number of alkyl halides is 3. The molecule has 1 aromatic rings. The number of halogens is 4. The first-order chi connectivity index (χ1) is 7.86. The Morgan fingerprint density at radius 1 is 1.53 bits per heavy atom. The molecule has 17 heavy (non-hydrogen) atoms. The second kappa shape index (κ2) is 3.91. The van der Waals surface area contributed by atoms with Gasteiger partial charge >= 0.3 is 6.18 Å². The van der Waals surface area contributed by atoms with Crippen LogP contribution in [0.4, 0.5) is 13.2 Å². The fourth-order valence-electron chi connectivity index (χ4n) is 1.76. The highest BCUT2D eigenvalue weighted by Crippen LogP contribution is 2.42. The summed E-state index contributed by atoms with van der Waals surface area (Å²) in [6, 6.07) is 1.27. The third-order valence-electron chi connectivity index (χ3n) is 2.92. The summed E-state index contributed by atoms with van der Waals surface area (Å²) in [6.45, 7) is 1.76. The number of hydrogen-bond donors (Lipinski definition) is 0. The zero-order valence-electron chi connectivity index (χ0n) is 8.92. The van der Waals surface area contributed by atoms with Crippen molar-refractivity contribution in [2.24, 2.45) is 5.92 Å². The van der Waals surface area contributed by atoms with E-state index in [4.69, 9.17) is 16.9 Å². The van der Waals surface area contributed by atoms with Crippen LogP contribution in [-0.2, 0) is 6.18 Å². The summed E-state index contributed by atoms with van der Waals surface area (Å²) in [5.74, 6) is 0.306. The molecule has 1 heterocycles. The number of hydrogen-bond acceptors (Lipinski definition) is 2. The number of nitriles is 1. The maximum Gasteiger partial charge on any atom is 0.436 e. The SMILES string of the molecule is CC(C1CC1)n1nc(C(F)(F)F)c(C#N)c1Cl. The van der Waals surface area contributed by atoms with E-state index in [2.05, 4.69) is 5.10 Å². The predicted octanol–water partition coefficient (Wildman–Crippen LogP) is 3.40. The average Bonchev–Trinajstić information content (AvgIpc) is 3.00. The van der Waals surface area contributed by atoms with Gasteiger partial charge < -0.3 is 0 Å². The molecule has 0 spiro atoms. The van der Waals surface area contributed by atoms with Crippen molar-refractivity contribution in [1.82, 2.24) is 9.78 Å². The van der Waals surface area contributed by atoms with Crippen LogP contribution in [0.25, 0.3) is 0 Å². The topological polar surface area (TPSA) is 41.6 Å². The molecule has 1 unspecified atom stereocenters. The van der Waals surface area contributed by atoms with Gasteiger partial charge in [-0.25, -0.2) is 4.68 Å². The van der Waals surface area contributed by atoms with E-state index in [1.807, 2.05) is 0 Å². The molecule has 3 nitrogen and oxygen atoms in total. The average molecular weight is 264 g/mol. The van der Waals surface area contributed by atoms with Gasteiger partial charge in [0.1, 0.15) is 16.8 Å². The standard InChI is InChI=1S/C10H9ClF3N3/c1-5(6-2-3-6)17-9(11)7(4-15)8(16-17)10(12,13)14/h5-6H,2-3H2,1H3. The van der Waals surface area contributed by atoms with Crippen molar-refractivity contribution >= 4 is 11.6 Å². The van der Waals surface area contributed by atoms with E-state index in [0.717, 1.165) is 17.5 Å². The van der Waals surface area contributed by atoms with E-state index < -0.39 is 17.4 Å². The van der Waals surface area contributed by atoms with Gasteiger partial charge in [-0.05, 0) is 25.7 Å². The van der Waals surface area contributed by atoms with Gasteiger partial charge in [-0.3, -0.25) is 0 Å². The Morgan fingerprint density at radius 2 is 2.12 bits per heavy atom. The maximum absolute atomic E-state index is 12.6. The molecule has 0 N–H and O–H groups in total. The van der Waals surface area contributed by atoms with E-state index in [-0.39, 0.29) is 11.2 Å². The third kappa shape index (κ3) is 2.12. The van der Waals surface area contributed by atoms with Crippen molar-refractivity contribution in [1.29, 1.82) is 5.26 Å². The molecule has 0 aromatic carbocycles. The zero-order chi connectivity index (χ0) is 12.8. The second-order valence-electron chi connectivity index (χ2n) is 4.15. The van der Waals surface area contributed by atoms with Gasteiger partial charge in [-0.2, -0.15) is 23.5 Å². The molecule has 1 fully saturated rings. The van der Waals surface area contributed by atoms with Crippen LogP contribution >= 0.6 is 11.6 Å². The molecule has 1 aliphatic rings. The van der Waals surface area contributed by atoms with Crippen LogP contribution in [0.5, 0.6) is 0 Å². The van der Waals surface area contributed by atoms with E-state index in [9.17, 15) is 13.2 Å². The first-order valence-corrected chi connectivity index (χ1v) is 5.49. The number of nitrogens with zero attached hydrogens (tertiary/aromatic N) is 3. The molecule has 1 aliphatic carbocycles. The monoisotopic (exact) mass is 263 g/mol. The largest absolute Gasteiger partial charge is 0.436 e. The fourth-order valence-corrected chi connectivity index (χ4v) is 2.08. The summed E-state index contributed by atoms with van der Waals surface area (Å²) in [5, 5.41) is 12.0. The number of aromatic nitrogens is 2. The van der Waals surface area contributed by atoms with Gasteiger partial charge in [0.2, 0.25) is 0 Å². The highest BCUT2D eigenvalue weighted by Gasteiger charge is 2.41. The molecule has 92 valence electrons. The summed E-state index contributed by atoms with van der Waals surface area (Å²) in [6.07, 6.45) is -2.73. The zero-order valence-corrected chi connectivity index (χ0v) is 9.68. The second-order valence-corrected chi connectivity index (χ2v) is 4.50. The lowest BCUT2D eigenvalue weighted by molar-refractivity contribution is -0.141. The van der Waals surface area contributed by atoms with Crippen LogP contribution in [0.3, 0.4) is 0 Å². The van der Waals surface area contributed by atoms with Crippen LogP contribution in [0, 0.1) is 17.2 Å². The third-order valence-corrected chi connectivity index (χ3v) is 3.28. The molecule has 1 saturated carbocycles. The summed E-state index contributed by atoms with van der Waals surface area (Å²) in [5.41, 5.74) is -1.79. The minimum atomic E-state index is -4.65. The van der Waals surface area contributed by atoms with E-state index in [1.165, 1.54) is 6.07 Å². The van der Waals surface area contributed by atoms with Crippen LogP contribution in [0.2, 0.25) is 5.15 Å². The molecule has 0 amide bonds. The van der Waals surface area contributed by atoms with Crippen LogP contribution in [-0.4, -0.2) is 9.78 Å². The van der Waals surface area contributed by atoms with Gasteiger partial charge in [0.25, 0.3) is 0 Å². The summed E-state index contributed by atoms with van der Waals surface area (Å²) in [4.78, 5) is 0. The molecule has 7 heteroatoms. The van der Waals surface area contributed by atoms with Crippen molar-refractivity contribution in [3.63, 3.8) is 0 Å². The van der Waals surface area contributed by atoms with E-state index in [1.54, 1.807) is 6.92 Å². The molecule has 1 aromatic heterocycles. The van der Waals surface area contributed by atoms with E-state index >= 15 is 0 Å². The summed E-state index contributed by atoms with van der Waals surface area (Å²) in [7, 11) is 0. The van der Waals surface area contributed by atoms with E-state index in [0.29, 0.717) is 5.92 Å². The quantitative estimate of drug-likeness (QED) is 0.821. The Morgan fingerprint density at radius 3 is 2.47 bits per heavy atom. The molecule has 1 atom stereocenters. The molecule has 0 radical (unpaired) electrons. The van der Waals surface area contributed by atoms with Gasteiger partial charge in [0.15, 0.2) is 5.69 Å². The Labute approximate surface area is 101 Å². The summed E-state index contributed by atoms with van der Waals surface area (Å²) < 4.78 is 39.0. The van der Waals surface area contributed by atoms with Crippen molar-refractivity contribution in [2.75, 3.05) is 0 Å². The van der Waals surface area contributed by atoms with Crippen LogP contribution in [0.15, 0.2) is 0 Å². The van der Waals surface area contributed by atoms with Gasteiger partial charge in [0.05, 0.1) is 6.04 Å². The van der Waals surface area contributed by atoms with Gasteiger partial charge in [-0.15, -0.1) is 0 Å². The Hall–Kier alpha value is -1.22. The lowest BCUT2D eigenvalue weighted by atomic mass is 10.2. The Bertz CT molecular complexity index is 482. The first kappa shape index (κ1) is 12.2. The minimum absolute atomic E-state index is 0.203. The van der Waals surface area contributed by atoms with Crippen molar-refractivity contribution in [2.45, 2.75) is 32.0 Å². The molecule has 0 saturated heterocycles. The Balaban J connectivity index is 2.49. The highest BCUT2D eigenvalue weighted by molar-refractivity contribution is 6.30. The summed E-state index contributed by atoms with van der Waals surface area (Å²) >= 11 is 5.78. The molecular formula is C10H9ClF3N3. The molecule has 0 bridgehead atoms. The van der Waals surface area contributed by atoms with Gasteiger partial charge in [-0.1, -0.05) is 11.6 Å². The van der Waals surface area contributed by atoms with Crippen LogP contribution < -0.4 is 0 Å².